The van der Waals surface area contributed by atoms with Crippen LogP contribution in [0.15, 0.2) is 77.8 Å². The van der Waals surface area contributed by atoms with Crippen LogP contribution in [0.3, 0.4) is 0 Å². The summed E-state index contributed by atoms with van der Waals surface area (Å²) in [7, 11) is 0. The second kappa shape index (κ2) is 11.2. The zero-order valence-corrected chi connectivity index (χ0v) is 19.3. The molecule has 0 fully saturated rings. The van der Waals surface area contributed by atoms with Crippen LogP contribution in [-0.2, 0) is 11.3 Å². The van der Waals surface area contributed by atoms with Crippen molar-refractivity contribution in [1.82, 2.24) is 4.57 Å². The smallest absolute Gasteiger partial charge is 0.549 e. The molecule has 3 aromatic rings. The van der Waals surface area contributed by atoms with Crippen LogP contribution < -0.4 is 34.7 Å². The molecule has 0 aliphatic rings. The van der Waals surface area contributed by atoms with E-state index in [9.17, 15) is 14.7 Å². The number of rotatable bonds is 8. The van der Waals surface area contributed by atoms with Crippen LogP contribution in [0, 0.1) is 6.92 Å². The molecule has 2 aromatic carbocycles. The Bertz CT molecular complexity index is 1010. The molecule has 1 heterocycles. The molecule has 0 saturated heterocycles. The maximum absolute atomic E-state index is 12.7. The fraction of sp³-hybridized carbons (Fsp3) is 0.130. The van der Waals surface area contributed by atoms with Crippen molar-refractivity contribution in [3.05, 3.63) is 95.3 Å². The summed E-state index contributed by atoms with van der Waals surface area (Å²) in [5, 5.41) is 10.6. The fourth-order valence-corrected chi connectivity index (χ4v) is 3.46. The first-order chi connectivity index (χ1) is 13.5. The number of allylic oxidation sites excluding steroid dienone is 1. The van der Waals surface area contributed by atoms with Crippen LogP contribution >= 0.6 is 11.8 Å². The summed E-state index contributed by atoms with van der Waals surface area (Å²) in [6.07, 6.45) is 5.83. The van der Waals surface area contributed by atoms with E-state index >= 15 is 0 Å². The summed E-state index contributed by atoms with van der Waals surface area (Å²) in [4.78, 5) is 24.2. The van der Waals surface area contributed by atoms with Gasteiger partial charge in [0.05, 0.1) is 11.7 Å². The Morgan fingerprint density at radius 1 is 1.07 bits per heavy atom. The van der Waals surface area contributed by atoms with Crippen molar-refractivity contribution in [3.63, 3.8) is 0 Å². The van der Waals surface area contributed by atoms with Crippen molar-refractivity contribution in [2.75, 3.05) is 5.75 Å². The minimum absolute atomic E-state index is 0. The topological polar surface area (TPSA) is 62.1 Å². The van der Waals surface area contributed by atoms with Crippen molar-refractivity contribution in [1.29, 1.82) is 0 Å². The van der Waals surface area contributed by atoms with Crippen LogP contribution in [-0.4, -0.2) is 22.1 Å². The van der Waals surface area contributed by atoms with Crippen LogP contribution in [0.1, 0.15) is 27.2 Å². The van der Waals surface area contributed by atoms with Crippen molar-refractivity contribution < 1.29 is 44.3 Å². The van der Waals surface area contributed by atoms with Gasteiger partial charge in [0.25, 0.3) is 0 Å². The molecular formula is C23H20NNaO3S. The van der Waals surface area contributed by atoms with E-state index in [4.69, 9.17) is 0 Å². The molecule has 3 rings (SSSR count). The molecule has 4 nitrogen and oxygen atoms in total. The molecular weight excluding hydrogens is 393 g/mol. The minimum atomic E-state index is -1.08. The number of carbonyl (C=O) groups excluding carboxylic acids is 2. The van der Waals surface area contributed by atoms with Crippen LogP contribution in [0.5, 0.6) is 0 Å². The van der Waals surface area contributed by atoms with E-state index < -0.39 is 5.97 Å². The minimum Gasteiger partial charge on any atom is -0.549 e. The summed E-state index contributed by atoms with van der Waals surface area (Å²) >= 11 is 1.23. The van der Waals surface area contributed by atoms with E-state index in [2.05, 4.69) is 0 Å². The number of hydrogen-bond donors (Lipinski definition) is 0. The molecule has 0 spiro atoms. The van der Waals surface area contributed by atoms with Crippen molar-refractivity contribution in [3.8, 4) is 0 Å². The van der Waals surface area contributed by atoms with E-state index in [0.717, 1.165) is 16.0 Å². The summed E-state index contributed by atoms with van der Waals surface area (Å²) in [6.45, 7) is 2.56. The van der Waals surface area contributed by atoms with Gasteiger partial charge in [-0.15, -0.1) is 11.8 Å². The summed E-state index contributed by atoms with van der Waals surface area (Å²) in [5.41, 5.74) is 3.41. The van der Waals surface area contributed by atoms with E-state index in [1.807, 2.05) is 90.5 Å². The zero-order valence-electron chi connectivity index (χ0n) is 16.5. The van der Waals surface area contributed by atoms with Gasteiger partial charge < -0.3 is 14.5 Å². The number of thioether (sulfide) groups is 1. The number of carboxylic acid groups (broad SMARTS) is 1. The Hall–Kier alpha value is -2.05. The van der Waals surface area contributed by atoms with Crippen LogP contribution in [0.4, 0.5) is 0 Å². The predicted octanol–water partition coefficient (Wildman–Crippen LogP) is 0.587. The molecule has 0 saturated carbocycles. The average molecular weight is 413 g/mol. The molecule has 0 aliphatic carbocycles. The number of aliphatic carboxylic acids is 1. The monoisotopic (exact) mass is 413 g/mol. The van der Waals surface area contributed by atoms with E-state index in [1.54, 1.807) is 0 Å². The number of aryl methyl sites for hydroxylation is 1. The van der Waals surface area contributed by atoms with Crippen LogP contribution in [0.2, 0.25) is 0 Å². The number of benzene rings is 2. The van der Waals surface area contributed by atoms with Crippen LogP contribution in [0.25, 0.3) is 6.08 Å². The third-order valence-electron chi connectivity index (χ3n) is 4.20. The van der Waals surface area contributed by atoms with Gasteiger partial charge in [0, 0.05) is 29.0 Å². The number of ketones is 1. The third kappa shape index (κ3) is 6.75. The van der Waals surface area contributed by atoms with E-state index in [1.165, 1.54) is 11.8 Å². The summed E-state index contributed by atoms with van der Waals surface area (Å²) in [5.74, 6) is -1.15. The van der Waals surface area contributed by atoms with E-state index in [0.29, 0.717) is 17.8 Å². The number of hydrogen-bond acceptors (Lipinski definition) is 4. The van der Waals surface area contributed by atoms with Gasteiger partial charge in [0.15, 0.2) is 0 Å². The van der Waals surface area contributed by atoms with Crippen molar-refractivity contribution >= 4 is 29.6 Å². The first-order valence-electron chi connectivity index (χ1n) is 8.89. The van der Waals surface area contributed by atoms with Gasteiger partial charge in [-0.1, -0.05) is 54.1 Å². The maximum Gasteiger partial charge on any atom is 1.00 e. The molecule has 0 N–H and O–H groups in total. The van der Waals surface area contributed by atoms with Gasteiger partial charge in [-0.05, 0) is 36.8 Å². The fourth-order valence-electron chi connectivity index (χ4n) is 2.78. The molecule has 0 bridgehead atoms. The molecule has 0 radical (unpaired) electrons. The SMILES string of the molecule is Cc1ccc(C(=O)c2cccn2C/C=C/c2cccc(SCC(=O)[O-])c2)cc1.[Na+]. The summed E-state index contributed by atoms with van der Waals surface area (Å²) < 4.78 is 1.91. The second-order valence-electron chi connectivity index (χ2n) is 6.38. The Kier molecular flexibility index (Phi) is 8.99. The molecule has 0 amide bonds. The molecule has 6 heteroatoms. The number of carboxylic acids is 1. The zero-order chi connectivity index (χ0) is 19.9. The normalized spacial score (nSPS) is 10.7. The van der Waals surface area contributed by atoms with Gasteiger partial charge in [-0.25, -0.2) is 0 Å². The van der Waals surface area contributed by atoms with Gasteiger partial charge in [-0.3, -0.25) is 4.79 Å². The molecule has 0 aliphatic heterocycles. The maximum atomic E-state index is 12.7. The molecule has 29 heavy (non-hydrogen) atoms. The summed E-state index contributed by atoms with van der Waals surface area (Å²) in [6, 6.07) is 18.9. The third-order valence-corrected chi connectivity index (χ3v) is 5.17. The van der Waals surface area contributed by atoms with Crippen molar-refractivity contribution in [2.45, 2.75) is 18.4 Å². The Morgan fingerprint density at radius 3 is 2.55 bits per heavy atom. The average Bonchev–Trinajstić information content (AvgIpc) is 3.15. The Morgan fingerprint density at radius 2 is 1.83 bits per heavy atom. The van der Waals surface area contributed by atoms with Crippen molar-refractivity contribution in [2.24, 2.45) is 0 Å². The second-order valence-corrected chi connectivity index (χ2v) is 7.43. The first-order valence-corrected chi connectivity index (χ1v) is 9.87. The quantitative estimate of drug-likeness (QED) is 0.308. The largest absolute Gasteiger partial charge is 1.00 e. The predicted molar refractivity (Wildman–Crippen MR) is 110 cm³/mol. The standard InChI is InChI=1S/C23H21NO3S.Na/c1-17-9-11-19(12-10-17)23(27)21-8-4-14-24(21)13-3-6-18-5-2-7-20(15-18)28-16-22(25)26;/h2-12,14-15H,13,16H2,1H3,(H,25,26);/q;+1/p-1/b6-3+;. The molecule has 142 valence electrons. The van der Waals surface area contributed by atoms with Gasteiger partial charge >= 0.3 is 29.6 Å². The van der Waals surface area contributed by atoms with Gasteiger partial charge in [0.1, 0.15) is 0 Å². The number of carbonyl (C=O) groups is 2. The Balaban J connectivity index is 0.00000300. The molecule has 1 aromatic heterocycles. The number of aromatic nitrogens is 1. The van der Waals surface area contributed by atoms with E-state index in [-0.39, 0.29) is 41.1 Å². The first kappa shape index (κ1) is 23.2. The van der Waals surface area contributed by atoms with Gasteiger partial charge in [0.2, 0.25) is 5.78 Å². The van der Waals surface area contributed by atoms with Gasteiger partial charge in [-0.2, -0.15) is 0 Å². The Labute approximate surface area is 196 Å². The number of nitrogens with zero attached hydrogens (tertiary/aromatic N) is 1. The molecule has 0 atom stereocenters. The molecule has 0 unspecified atom stereocenters.